The second-order valence-corrected chi connectivity index (χ2v) is 5.51. The third-order valence-electron chi connectivity index (χ3n) is 3.99. The number of hydrogen-bond acceptors (Lipinski definition) is 3. The number of nitrogens with zero attached hydrogens (tertiary/aromatic N) is 3. The fourth-order valence-corrected chi connectivity index (χ4v) is 3.71. The maximum atomic E-state index is 13.9. The van der Waals surface area contributed by atoms with Crippen molar-refractivity contribution in [2.24, 2.45) is 0 Å². The van der Waals surface area contributed by atoms with Crippen LogP contribution in [0.5, 0.6) is 0 Å². The van der Waals surface area contributed by atoms with Gasteiger partial charge < -0.3 is 4.90 Å². The van der Waals surface area contributed by atoms with E-state index in [0.29, 0.717) is 25.9 Å². The van der Waals surface area contributed by atoms with E-state index in [4.69, 9.17) is 11.6 Å². The van der Waals surface area contributed by atoms with E-state index >= 15 is 0 Å². The van der Waals surface area contributed by atoms with Gasteiger partial charge in [0.25, 0.3) is 0 Å². The molecule has 84 valence electrons. The van der Waals surface area contributed by atoms with Crippen molar-refractivity contribution < 1.29 is 4.39 Å². The summed E-state index contributed by atoms with van der Waals surface area (Å²) < 4.78 is 15.5. The quantitative estimate of drug-likeness (QED) is 0.636. The highest BCUT2D eigenvalue weighted by Crippen LogP contribution is 2.60. The molecule has 4 aliphatic rings. The number of hydrogen-bond donors (Lipinski definition) is 0. The minimum absolute atomic E-state index is 0.173. The van der Waals surface area contributed by atoms with Crippen LogP contribution >= 0.6 is 11.6 Å². The van der Waals surface area contributed by atoms with Crippen molar-refractivity contribution in [1.82, 2.24) is 9.55 Å². The van der Waals surface area contributed by atoms with Gasteiger partial charge in [-0.05, 0) is 0 Å². The van der Waals surface area contributed by atoms with Crippen LogP contribution in [0.2, 0.25) is 5.15 Å². The minimum Gasteiger partial charge on any atom is -0.347 e. The molecule has 0 amide bonds. The monoisotopic (exact) mass is 241 g/mol. The number of fused-ring (bicyclic) bond motifs is 1. The number of aromatic nitrogens is 2. The zero-order valence-corrected chi connectivity index (χ0v) is 9.17. The molecule has 4 nitrogen and oxygen atoms in total. The lowest BCUT2D eigenvalue weighted by Gasteiger charge is -2.40. The van der Waals surface area contributed by atoms with Crippen LogP contribution in [0.1, 0.15) is 12.8 Å². The zero-order valence-electron chi connectivity index (χ0n) is 8.41. The molecule has 0 unspecified atom stereocenters. The zero-order chi connectivity index (χ0) is 11.1. The topological polar surface area (TPSA) is 38.1 Å². The van der Waals surface area contributed by atoms with Gasteiger partial charge in [-0.1, -0.05) is 11.6 Å². The summed E-state index contributed by atoms with van der Waals surface area (Å²) in [5.41, 5.74) is -1.55. The van der Waals surface area contributed by atoms with Gasteiger partial charge in [0.05, 0.1) is 18.6 Å². The smallest absolute Gasteiger partial charge is 0.347 e. The third kappa shape index (κ3) is 0.830. The number of anilines is 1. The Bertz CT molecular complexity index is 564. The largest absolute Gasteiger partial charge is 0.350 e. The van der Waals surface area contributed by atoms with E-state index in [2.05, 4.69) is 4.98 Å². The summed E-state index contributed by atoms with van der Waals surface area (Å²) >= 11 is 5.77. The van der Waals surface area contributed by atoms with Crippen molar-refractivity contribution in [2.45, 2.75) is 30.6 Å². The first-order valence-corrected chi connectivity index (χ1v) is 5.63. The van der Waals surface area contributed by atoms with Gasteiger partial charge in [0.2, 0.25) is 0 Å². The molecular weight excluding hydrogens is 233 g/mol. The maximum Gasteiger partial charge on any atom is 0.350 e. The molecule has 1 spiro atoms. The Labute approximate surface area is 95.6 Å². The lowest BCUT2D eigenvalue weighted by Crippen LogP contribution is -2.50. The molecule has 1 aromatic rings. The third-order valence-corrected chi connectivity index (χ3v) is 4.19. The Kier molecular flexibility index (Phi) is 1.28. The lowest BCUT2D eigenvalue weighted by atomic mass is 9.71. The first-order chi connectivity index (χ1) is 7.51. The standard InChI is InChI=1S/C10H9ClFN3O/c11-6-1-7-14(8(16)13-6)5-10-2-9(12,3-10)4-15(7)10/h1H,2-5H2. The van der Waals surface area contributed by atoms with Crippen LogP contribution in [-0.4, -0.2) is 27.3 Å². The molecule has 16 heavy (non-hydrogen) atoms. The molecule has 6 heteroatoms. The van der Waals surface area contributed by atoms with Crippen molar-refractivity contribution in [3.63, 3.8) is 0 Å². The summed E-state index contributed by atoms with van der Waals surface area (Å²) in [5.74, 6) is 0.724. The van der Waals surface area contributed by atoms with Gasteiger partial charge >= 0.3 is 5.69 Å². The van der Waals surface area contributed by atoms with Crippen LogP contribution in [0, 0.1) is 0 Å². The Hall–Kier alpha value is -1.10. The van der Waals surface area contributed by atoms with Gasteiger partial charge in [0.1, 0.15) is 16.6 Å². The summed E-state index contributed by atoms with van der Waals surface area (Å²) in [4.78, 5) is 17.3. The van der Waals surface area contributed by atoms with E-state index in [1.165, 1.54) is 0 Å². The van der Waals surface area contributed by atoms with E-state index < -0.39 is 5.67 Å². The molecule has 2 saturated heterocycles. The summed E-state index contributed by atoms with van der Waals surface area (Å²) in [7, 11) is 0. The number of alkyl halides is 1. The average Bonchev–Trinajstić information content (AvgIpc) is 2.65. The van der Waals surface area contributed by atoms with Crippen molar-refractivity contribution in [2.75, 3.05) is 11.4 Å². The molecular formula is C10H9ClFN3O. The van der Waals surface area contributed by atoms with E-state index in [1.54, 1.807) is 10.6 Å². The van der Waals surface area contributed by atoms with Crippen LogP contribution < -0.4 is 10.6 Å². The first-order valence-electron chi connectivity index (χ1n) is 5.25. The summed E-state index contributed by atoms with van der Waals surface area (Å²) in [6, 6.07) is 1.65. The SMILES string of the molecule is O=c1nc(Cl)cc2n1CC13CC(F)(CN21)C3. The van der Waals surface area contributed by atoms with Gasteiger partial charge in [-0.15, -0.1) is 0 Å². The second-order valence-electron chi connectivity index (χ2n) is 5.12. The van der Waals surface area contributed by atoms with Crippen molar-refractivity contribution >= 4 is 17.4 Å². The number of rotatable bonds is 0. The normalized spacial score (nSPS) is 38.2. The molecule has 1 aromatic heterocycles. The molecule has 0 N–H and O–H groups in total. The molecule has 3 aliphatic heterocycles. The Morgan fingerprint density at radius 3 is 2.94 bits per heavy atom. The molecule has 5 rings (SSSR count). The van der Waals surface area contributed by atoms with Crippen molar-refractivity contribution in [3.8, 4) is 0 Å². The molecule has 1 saturated carbocycles. The Balaban J connectivity index is 1.93. The van der Waals surface area contributed by atoms with Crippen LogP contribution in [0.15, 0.2) is 10.9 Å². The van der Waals surface area contributed by atoms with Crippen molar-refractivity contribution in [1.29, 1.82) is 0 Å². The van der Waals surface area contributed by atoms with E-state index in [0.717, 1.165) is 5.82 Å². The summed E-state index contributed by atoms with van der Waals surface area (Å²) in [6.07, 6.45) is 1.05. The molecule has 3 fully saturated rings. The first kappa shape index (κ1) is 8.98. The highest BCUT2D eigenvalue weighted by molar-refractivity contribution is 6.29. The molecule has 1 aliphatic carbocycles. The highest BCUT2D eigenvalue weighted by atomic mass is 35.5. The van der Waals surface area contributed by atoms with Gasteiger partial charge in [-0.25, -0.2) is 9.18 Å². The molecule has 0 atom stereocenters. The van der Waals surface area contributed by atoms with Gasteiger partial charge in [-0.2, -0.15) is 4.98 Å². The molecule has 0 aromatic carbocycles. The molecule has 2 bridgehead atoms. The fourth-order valence-electron chi connectivity index (χ4n) is 3.54. The van der Waals surface area contributed by atoms with E-state index in [1.807, 2.05) is 4.90 Å². The Morgan fingerprint density at radius 1 is 1.44 bits per heavy atom. The Morgan fingerprint density at radius 2 is 2.19 bits per heavy atom. The highest BCUT2D eigenvalue weighted by Gasteiger charge is 2.69. The van der Waals surface area contributed by atoms with Gasteiger partial charge in [0.15, 0.2) is 0 Å². The van der Waals surface area contributed by atoms with Crippen LogP contribution in [0.4, 0.5) is 10.2 Å². The van der Waals surface area contributed by atoms with Crippen LogP contribution in [0.25, 0.3) is 0 Å². The maximum absolute atomic E-state index is 13.9. The van der Waals surface area contributed by atoms with Crippen LogP contribution in [0.3, 0.4) is 0 Å². The van der Waals surface area contributed by atoms with E-state index in [9.17, 15) is 9.18 Å². The predicted octanol–water partition coefficient (Wildman–Crippen LogP) is 0.971. The summed E-state index contributed by atoms with van der Waals surface area (Å²) in [6.45, 7) is 0.934. The fraction of sp³-hybridized carbons (Fsp3) is 0.600. The average molecular weight is 242 g/mol. The summed E-state index contributed by atoms with van der Waals surface area (Å²) in [5, 5.41) is 0.185. The number of halogens is 2. The van der Waals surface area contributed by atoms with Crippen molar-refractivity contribution in [3.05, 3.63) is 21.7 Å². The van der Waals surface area contributed by atoms with Crippen LogP contribution in [-0.2, 0) is 6.54 Å². The van der Waals surface area contributed by atoms with Gasteiger partial charge in [0, 0.05) is 18.9 Å². The second kappa shape index (κ2) is 2.27. The molecule has 0 radical (unpaired) electrons. The minimum atomic E-state index is -1.04. The van der Waals surface area contributed by atoms with E-state index in [-0.39, 0.29) is 16.4 Å². The predicted molar refractivity (Wildman–Crippen MR) is 56.7 cm³/mol. The molecule has 4 heterocycles. The van der Waals surface area contributed by atoms with Gasteiger partial charge in [-0.3, -0.25) is 4.57 Å². The lowest BCUT2D eigenvalue weighted by molar-refractivity contribution is 0.0573.